The van der Waals surface area contributed by atoms with E-state index in [0.29, 0.717) is 38.3 Å². The van der Waals surface area contributed by atoms with Gasteiger partial charge in [0, 0.05) is 63.8 Å². The summed E-state index contributed by atoms with van der Waals surface area (Å²) >= 11 is 0. The maximum Gasteiger partial charge on any atom is 0.274 e. The van der Waals surface area contributed by atoms with Gasteiger partial charge in [-0.2, -0.15) is 0 Å². The minimum atomic E-state index is -0.161. The summed E-state index contributed by atoms with van der Waals surface area (Å²) in [5.41, 5.74) is 1.46. The van der Waals surface area contributed by atoms with E-state index in [9.17, 15) is 9.59 Å². The van der Waals surface area contributed by atoms with E-state index in [1.807, 2.05) is 29.2 Å². The van der Waals surface area contributed by atoms with Crippen molar-refractivity contribution in [3.8, 4) is 5.75 Å². The number of carbonyl (C=O) groups is 2. The van der Waals surface area contributed by atoms with Crippen LogP contribution in [-0.4, -0.2) is 78.0 Å². The Morgan fingerprint density at radius 3 is 2.41 bits per heavy atom. The van der Waals surface area contributed by atoms with Crippen LogP contribution in [0.3, 0.4) is 0 Å². The topological polar surface area (TPSA) is 78.9 Å². The summed E-state index contributed by atoms with van der Waals surface area (Å²) in [6.45, 7) is 6.09. The molecule has 2 amide bonds. The normalized spacial score (nSPS) is 13.7. The van der Waals surface area contributed by atoms with Crippen LogP contribution in [0, 0.1) is 0 Å². The molecule has 1 aromatic carbocycles. The van der Waals surface area contributed by atoms with Gasteiger partial charge in [0.2, 0.25) is 5.91 Å². The number of hydrogen-bond donors (Lipinski definition) is 0. The number of piperazine rings is 1. The van der Waals surface area contributed by atoms with Gasteiger partial charge >= 0.3 is 0 Å². The van der Waals surface area contributed by atoms with Gasteiger partial charge < -0.3 is 19.4 Å². The van der Waals surface area contributed by atoms with Crippen LogP contribution in [0.2, 0.25) is 0 Å². The number of aromatic nitrogens is 2. The minimum Gasteiger partial charge on any atom is -0.497 e. The zero-order chi connectivity index (χ0) is 22.8. The second-order valence-corrected chi connectivity index (χ2v) is 7.91. The van der Waals surface area contributed by atoms with E-state index in [1.54, 1.807) is 18.2 Å². The first-order valence-corrected chi connectivity index (χ1v) is 11.3. The predicted octanol–water partition coefficient (Wildman–Crippen LogP) is 2.86. The van der Waals surface area contributed by atoms with Gasteiger partial charge in [-0.15, -0.1) is 0 Å². The third-order valence-electron chi connectivity index (χ3n) is 5.77. The highest BCUT2D eigenvalue weighted by molar-refractivity contribution is 5.92. The number of amides is 2. The molecular formula is C24H33N5O3. The zero-order valence-electron chi connectivity index (χ0n) is 19.1. The van der Waals surface area contributed by atoms with Gasteiger partial charge in [-0.1, -0.05) is 19.8 Å². The Bertz CT molecular complexity index is 852. The first kappa shape index (κ1) is 23.5. The molecule has 3 rings (SSSR count). The molecule has 0 atom stereocenters. The molecule has 172 valence electrons. The number of hydrogen-bond acceptors (Lipinski definition) is 6. The summed E-state index contributed by atoms with van der Waals surface area (Å²) in [6.07, 6.45) is 7.90. The fraction of sp³-hybridized carbons (Fsp3) is 0.500. The summed E-state index contributed by atoms with van der Waals surface area (Å²) < 4.78 is 5.22. The number of benzene rings is 1. The molecule has 1 aromatic heterocycles. The number of nitrogens with zero attached hydrogens (tertiary/aromatic N) is 5. The molecule has 32 heavy (non-hydrogen) atoms. The van der Waals surface area contributed by atoms with Crippen LogP contribution in [0.1, 0.15) is 43.1 Å². The molecule has 0 unspecified atom stereocenters. The van der Waals surface area contributed by atoms with Crippen molar-refractivity contribution in [1.29, 1.82) is 0 Å². The highest BCUT2D eigenvalue weighted by Crippen LogP contribution is 2.20. The molecule has 0 bridgehead atoms. The number of unbranched alkanes of at least 4 members (excludes halogenated alkanes) is 2. The Kier molecular flexibility index (Phi) is 8.83. The lowest BCUT2D eigenvalue weighted by Gasteiger charge is -2.36. The molecule has 0 spiro atoms. The van der Waals surface area contributed by atoms with Crippen LogP contribution in [0.4, 0.5) is 5.69 Å². The van der Waals surface area contributed by atoms with E-state index in [1.165, 1.54) is 12.4 Å². The van der Waals surface area contributed by atoms with Crippen molar-refractivity contribution >= 4 is 17.5 Å². The largest absolute Gasteiger partial charge is 0.497 e. The molecular weight excluding hydrogens is 406 g/mol. The summed E-state index contributed by atoms with van der Waals surface area (Å²) in [5.74, 6) is 0.764. The Labute approximate surface area is 190 Å². The van der Waals surface area contributed by atoms with Gasteiger partial charge in [-0.05, 0) is 30.7 Å². The molecule has 8 nitrogen and oxygen atoms in total. The number of methoxy groups -OCH3 is 1. The first-order valence-electron chi connectivity index (χ1n) is 11.3. The SMILES string of the molecule is CCCCCN(CCC(=O)N1CCN(c2ccc(OC)cc2)CC1)C(=O)c1cnccn1. The van der Waals surface area contributed by atoms with Crippen molar-refractivity contribution in [2.24, 2.45) is 0 Å². The van der Waals surface area contributed by atoms with Gasteiger partial charge in [0.15, 0.2) is 0 Å². The summed E-state index contributed by atoms with van der Waals surface area (Å²) in [5, 5.41) is 0. The summed E-state index contributed by atoms with van der Waals surface area (Å²) in [4.78, 5) is 39.7. The second-order valence-electron chi connectivity index (χ2n) is 7.91. The molecule has 2 heterocycles. The van der Waals surface area contributed by atoms with Gasteiger partial charge in [0.05, 0.1) is 13.3 Å². The van der Waals surface area contributed by atoms with Crippen molar-refractivity contribution in [3.05, 3.63) is 48.5 Å². The summed E-state index contributed by atoms with van der Waals surface area (Å²) in [6, 6.07) is 7.99. The van der Waals surface area contributed by atoms with E-state index in [-0.39, 0.29) is 11.8 Å². The van der Waals surface area contributed by atoms with Crippen LogP contribution in [-0.2, 0) is 4.79 Å². The molecule has 1 saturated heterocycles. The van der Waals surface area contributed by atoms with Crippen molar-refractivity contribution in [1.82, 2.24) is 19.8 Å². The zero-order valence-corrected chi connectivity index (χ0v) is 19.1. The van der Waals surface area contributed by atoms with Crippen LogP contribution in [0.25, 0.3) is 0 Å². The Hall–Kier alpha value is -3.16. The molecule has 0 aliphatic carbocycles. The van der Waals surface area contributed by atoms with Gasteiger partial charge in [0.25, 0.3) is 5.91 Å². The fourth-order valence-corrected chi connectivity index (χ4v) is 3.83. The van der Waals surface area contributed by atoms with Gasteiger partial charge in [-0.25, -0.2) is 4.98 Å². The Morgan fingerprint density at radius 2 is 1.78 bits per heavy atom. The number of anilines is 1. The maximum atomic E-state index is 12.9. The van der Waals surface area contributed by atoms with Crippen molar-refractivity contribution in [2.75, 3.05) is 51.3 Å². The molecule has 8 heteroatoms. The lowest BCUT2D eigenvalue weighted by atomic mass is 10.2. The first-order chi connectivity index (χ1) is 15.6. The van der Waals surface area contributed by atoms with Gasteiger partial charge in [0.1, 0.15) is 11.4 Å². The average molecular weight is 440 g/mol. The quantitative estimate of drug-likeness (QED) is 0.530. The predicted molar refractivity (Wildman–Crippen MR) is 124 cm³/mol. The van der Waals surface area contributed by atoms with Crippen molar-refractivity contribution in [2.45, 2.75) is 32.6 Å². The highest BCUT2D eigenvalue weighted by atomic mass is 16.5. The van der Waals surface area contributed by atoms with Crippen molar-refractivity contribution in [3.63, 3.8) is 0 Å². The molecule has 2 aromatic rings. The van der Waals surface area contributed by atoms with Gasteiger partial charge in [-0.3, -0.25) is 14.6 Å². The van der Waals surface area contributed by atoms with E-state index in [0.717, 1.165) is 43.8 Å². The van der Waals surface area contributed by atoms with E-state index in [2.05, 4.69) is 21.8 Å². The summed E-state index contributed by atoms with van der Waals surface area (Å²) in [7, 11) is 1.66. The van der Waals surface area contributed by atoms with Crippen molar-refractivity contribution < 1.29 is 14.3 Å². The molecule has 1 aliphatic heterocycles. The lowest BCUT2D eigenvalue weighted by molar-refractivity contribution is -0.131. The highest BCUT2D eigenvalue weighted by Gasteiger charge is 2.23. The average Bonchev–Trinajstić information content (AvgIpc) is 2.86. The third-order valence-corrected chi connectivity index (χ3v) is 5.77. The monoisotopic (exact) mass is 439 g/mol. The molecule has 0 radical (unpaired) electrons. The Morgan fingerprint density at radius 1 is 1.03 bits per heavy atom. The van der Waals surface area contributed by atoms with E-state index < -0.39 is 0 Å². The van der Waals surface area contributed by atoms with E-state index >= 15 is 0 Å². The van der Waals surface area contributed by atoms with Crippen LogP contribution in [0.15, 0.2) is 42.9 Å². The Balaban J connectivity index is 1.51. The molecule has 0 saturated carbocycles. The standard InChI is InChI=1S/C24H33N5O3/c1-3-4-5-13-29(24(31)22-19-25-11-12-26-22)14-10-23(30)28-17-15-27(16-18-28)20-6-8-21(32-2)9-7-20/h6-9,11-12,19H,3-5,10,13-18H2,1-2H3. The minimum absolute atomic E-state index is 0.0896. The van der Waals surface area contributed by atoms with Crippen LogP contribution >= 0.6 is 0 Å². The second kappa shape index (κ2) is 12.0. The molecule has 1 aliphatic rings. The number of ether oxygens (including phenoxy) is 1. The fourth-order valence-electron chi connectivity index (χ4n) is 3.83. The molecule has 0 N–H and O–H groups in total. The molecule has 1 fully saturated rings. The van der Waals surface area contributed by atoms with Crippen LogP contribution in [0.5, 0.6) is 5.75 Å². The number of rotatable bonds is 10. The maximum absolute atomic E-state index is 12.9. The van der Waals surface area contributed by atoms with E-state index in [4.69, 9.17) is 4.74 Å². The number of carbonyl (C=O) groups excluding carboxylic acids is 2. The van der Waals surface area contributed by atoms with Crippen LogP contribution < -0.4 is 9.64 Å². The smallest absolute Gasteiger partial charge is 0.274 e. The lowest BCUT2D eigenvalue weighted by Crippen LogP contribution is -2.49. The third kappa shape index (κ3) is 6.42.